The van der Waals surface area contributed by atoms with E-state index < -0.39 is 5.97 Å². The fourth-order valence-corrected chi connectivity index (χ4v) is 1.25. The van der Waals surface area contributed by atoms with Crippen LogP contribution in [0, 0.1) is 13.8 Å². The van der Waals surface area contributed by atoms with E-state index >= 15 is 0 Å². The van der Waals surface area contributed by atoms with Crippen LogP contribution >= 0.6 is 0 Å². The summed E-state index contributed by atoms with van der Waals surface area (Å²) in [4.78, 5) is 17.9. The van der Waals surface area contributed by atoms with Gasteiger partial charge < -0.3 is 5.11 Å². The summed E-state index contributed by atoms with van der Waals surface area (Å²) in [6.45, 7) is 4.36. The van der Waals surface area contributed by atoms with Crippen molar-refractivity contribution in [3.05, 3.63) is 23.3 Å². The van der Waals surface area contributed by atoms with Gasteiger partial charge in [-0.25, -0.2) is 4.79 Å². The number of carboxylic acids is 1. The predicted molar refractivity (Wildman–Crippen MR) is 55.8 cm³/mol. The first-order valence-corrected chi connectivity index (χ1v) is 3.86. The van der Waals surface area contributed by atoms with E-state index in [1.54, 1.807) is 0 Å². The fraction of sp³-hybridized carbons (Fsp3) is 0.200. The molecule has 0 heterocycles. The molecule has 4 heteroatoms. The molecular formula is C10H11NaO3. The van der Waals surface area contributed by atoms with Crippen molar-refractivity contribution in [2.45, 2.75) is 13.8 Å². The van der Waals surface area contributed by atoms with Crippen molar-refractivity contribution < 1.29 is 14.7 Å². The Morgan fingerprint density at radius 2 is 1.50 bits per heavy atom. The molecule has 2 aliphatic rings. The number of aldehydes is 1. The molecule has 0 aromatic heterocycles. The molecule has 0 atom stereocenters. The van der Waals surface area contributed by atoms with Crippen LogP contribution in [0.4, 0.5) is 0 Å². The van der Waals surface area contributed by atoms with E-state index in [0.717, 1.165) is 0 Å². The second-order valence-corrected chi connectivity index (χ2v) is 2.87. The number of hydrogen-bond acceptors (Lipinski definition) is 2. The number of carbonyl (C=O) groups excluding carboxylic acids is 1. The van der Waals surface area contributed by atoms with Crippen LogP contribution in [0.2, 0.25) is 0 Å². The van der Waals surface area contributed by atoms with Crippen LogP contribution in [0.15, 0.2) is 12.1 Å². The second kappa shape index (κ2) is 5.29. The Morgan fingerprint density at radius 1 is 1.21 bits per heavy atom. The Kier molecular flexibility index (Phi) is 5.05. The van der Waals surface area contributed by atoms with Crippen LogP contribution in [-0.2, 0) is 9.59 Å². The predicted octanol–water partition coefficient (Wildman–Crippen LogP) is 0.905. The fourth-order valence-electron chi connectivity index (χ4n) is 1.25. The molecule has 0 unspecified atom stereocenters. The minimum atomic E-state index is -1.43. The van der Waals surface area contributed by atoms with E-state index in [0.29, 0.717) is 0 Å². The van der Waals surface area contributed by atoms with Crippen LogP contribution in [0.3, 0.4) is 0 Å². The first kappa shape index (κ1) is 13.4. The molecule has 0 amide bonds. The molecule has 3 nitrogen and oxygen atoms in total. The summed E-state index contributed by atoms with van der Waals surface area (Å²) in [6.07, 6.45) is -0.167. The summed E-state index contributed by atoms with van der Waals surface area (Å²) in [5.41, 5.74) is 5.95. The Morgan fingerprint density at radius 3 is 1.57 bits per heavy atom. The van der Waals surface area contributed by atoms with Crippen LogP contribution in [0.5, 0.6) is 0 Å². The van der Waals surface area contributed by atoms with Crippen molar-refractivity contribution in [1.82, 2.24) is 0 Å². The number of rotatable bonds is 1. The minimum absolute atomic E-state index is 0. The summed E-state index contributed by atoms with van der Waals surface area (Å²) < 4.78 is 0. The summed E-state index contributed by atoms with van der Waals surface area (Å²) in [5.74, 6) is -1.43. The molecule has 0 saturated heterocycles. The number of carboxylic acid groups (broad SMARTS) is 1. The molecule has 0 fully saturated rings. The Bertz CT molecular complexity index is 345. The summed E-state index contributed by atoms with van der Waals surface area (Å²) in [7, 11) is 0. The van der Waals surface area contributed by atoms with E-state index in [1.807, 2.05) is 0 Å². The number of aliphatic carboxylic acids is 1. The first-order chi connectivity index (χ1) is 6.07. The normalized spacial score (nSPS) is 9.00. The monoisotopic (exact) mass is 202 g/mol. The van der Waals surface area contributed by atoms with Crippen LogP contribution in [-0.4, -0.2) is 46.9 Å². The van der Waals surface area contributed by atoms with Crippen molar-refractivity contribution in [3.8, 4) is 11.1 Å². The molecule has 2 rings (SSSR count). The maximum absolute atomic E-state index is 9.00. The van der Waals surface area contributed by atoms with Crippen molar-refractivity contribution in [3.63, 3.8) is 0 Å². The molecule has 0 bridgehead atoms. The number of carbonyl (C=O) groups is 2. The van der Waals surface area contributed by atoms with Gasteiger partial charge in [0.1, 0.15) is 0 Å². The zero-order valence-electron chi connectivity index (χ0n) is 7.50. The van der Waals surface area contributed by atoms with Crippen molar-refractivity contribution in [2.75, 3.05) is 0 Å². The number of benzene rings is 1. The van der Waals surface area contributed by atoms with Crippen molar-refractivity contribution >= 4 is 41.8 Å². The van der Waals surface area contributed by atoms with Crippen LogP contribution < -0.4 is 0 Å². The van der Waals surface area contributed by atoms with E-state index in [1.165, 1.54) is 22.3 Å². The van der Waals surface area contributed by atoms with Gasteiger partial charge in [-0.2, -0.15) is 0 Å². The van der Waals surface area contributed by atoms with Gasteiger partial charge in [-0.05, 0) is 36.1 Å². The van der Waals surface area contributed by atoms with Gasteiger partial charge in [0.05, 0.1) is 0 Å². The molecule has 1 N–H and O–H groups in total. The first-order valence-electron chi connectivity index (χ1n) is 3.86. The van der Waals surface area contributed by atoms with E-state index in [4.69, 9.17) is 14.7 Å². The van der Waals surface area contributed by atoms with E-state index in [9.17, 15) is 0 Å². The third-order valence-electron chi connectivity index (χ3n) is 2.18. The molecule has 0 aromatic rings. The third kappa shape index (κ3) is 2.44. The zero-order valence-corrected chi connectivity index (χ0v) is 7.50. The quantitative estimate of drug-likeness (QED) is 0.424. The molecule has 0 spiro atoms. The Labute approximate surface area is 104 Å². The zero-order chi connectivity index (χ0) is 10.0. The summed E-state index contributed by atoms with van der Waals surface area (Å²) in [6, 6.07) is 4.36. The van der Waals surface area contributed by atoms with E-state index in [2.05, 4.69) is 26.0 Å². The number of hydrogen-bond donors (Lipinski definition) is 1. The molecule has 0 aromatic carbocycles. The summed E-state index contributed by atoms with van der Waals surface area (Å²) in [5, 5.41) is 7.35. The molecule has 14 heavy (non-hydrogen) atoms. The van der Waals surface area contributed by atoms with Gasteiger partial charge in [0.15, 0.2) is 0 Å². The average Bonchev–Trinajstić information content (AvgIpc) is 2.04. The standard InChI is InChI=1S/C8H8.C2H2O3.Na.H/c1-5-6(2)8-4-3-7(5)8;3-1-2(4)5;;/h3-4H,1-2H3;1H,(H,4,5);;. The van der Waals surface area contributed by atoms with Gasteiger partial charge in [0.25, 0.3) is 0 Å². The Balaban J connectivity index is 0.000000253. The van der Waals surface area contributed by atoms with Crippen molar-refractivity contribution in [1.29, 1.82) is 0 Å². The molecule has 70 valence electrons. The molecule has 0 radical (unpaired) electrons. The van der Waals surface area contributed by atoms with Crippen molar-refractivity contribution in [2.24, 2.45) is 0 Å². The van der Waals surface area contributed by atoms with Gasteiger partial charge in [-0.1, -0.05) is 12.1 Å². The molecule has 0 aliphatic heterocycles. The third-order valence-corrected chi connectivity index (χ3v) is 2.18. The van der Waals surface area contributed by atoms with Gasteiger partial charge >= 0.3 is 35.5 Å². The topological polar surface area (TPSA) is 54.4 Å². The average molecular weight is 202 g/mol. The second-order valence-electron chi connectivity index (χ2n) is 2.87. The van der Waals surface area contributed by atoms with Gasteiger partial charge in [-0.15, -0.1) is 0 Å². The van der Waals surface area contributed by atoms with Gasteiger partial charge in [0, 0.05) is 0 Å². The summed E-state index contributed by atoms with van der Waals surface area (Å²) >= 11 is 0. The van der Waals surface area contributed by atoms with Gasteiger partial charge in [-0.3, -0.25) is 4.79 Å². The van der Waals surface area contributed by atoms with Gasteiger partial charge in [0.2, 0.25) is 6.29 Å². The maximum atomic E-state index is 9.00. The molecular weight excluding hydrogens is 191 g/mol. The van der Waals surface area contributed by atoms with E-state index in [-0.39, 0.29) is 35.8 Å². The van der Waals surface area contributed by atoms with Crippen LogP contribution in [0.25, 0.3) is 11.1 Å². The molecule has 0 saturated carbocycles. The van der Waals surface area contributed by atoms with Crippen LogP contribution in [0.1, 0.15) is 11.1 Å². The molecule has 2 aliphatic carbocycles. The SMILES string of the molecule is Cc1c2ccc-2c1C.O=CC(=O)O.[NaH]. The Hall–Kier alpha value is -0.640. The number of fused-ring (bicyclic) bond motifs is 1.